The number of ketones is 1. The second-order valence-corrected chi connectivity index (χ2v) is 5.82. The molecule has 0 bridgehead atoms. The number of aryl methyl sites for hydroxylation is 1. The molecule has 92 valence electrons. The predicted octanol–water partition coefficient (Wildman–Crippen LogP) is 2.62. The molecule has 0 radical (unpaired) electrons. The van der Waals surface area contributed by atoms with Crippen molar-refractivity contribution in [2.24, 2.45) is 0 Å². The van der Waals surface area contributed by atoms with Gasteiger partial charge in [0.15, 0.2) is 5.78 Å². The predicted molar refractivity (Wildman–Crippen MR) is 73.9 cm³/mol. The van der Waals surface area contributed by atoms with Gasteiger partial charge < -0.3 is 0 Å². The average Bonchev–Trinajstić information content (AvgIpc) is 2.82. The van der Waals surface area contributed by atoms with E-state index >= 15 is 0 Å². The molecular formula is C14H19NOS. The normalized spacial score (nSPS) is 19.8. The van der Waals surface area contributed by atoms with Crippen LogP contribution in [0, 0.1) is 6.92 Å². The topological polar surface area (TPSA) is 20.3 Å². The van der Waals surface area contributed by atoms with Gasteiger partial charge in [-0.2, -0.15) is 11.8 Å². The Balaban J connectivity index is 1.99. The molecule has 1 saturated heterocycles. The highest BCUT2D eigenvalue weighted by molar-refractivity contribution is 7.99. The third-order valence-corrected chi connectivity index (χ3v) is 4.51. The highest BCUT2D eigenvalue weighted by atomic mass is 32.2. The number of Topliss-reactive ketones (excluding diaryl/α,β-unsaturated/α-hetero) is 1. The number of carbonyl (C=O) groups excluding carboxylic acids is 1. The first-order valence-electron chi connectivity index (χ1n) is 6.05. The molecule has 2 rings (SSSR count). The van der Waals surface area contributed by atoms with Crippen LogP contribution in [0.4, 0.5) is 0 Å². The summed E-state index contributed by atoms with van der Waals surface area (Å²) in [6.07, 6.45) is 1.21. The number of thioether (sulfide) groups is 1. The molecule has 1 atom stereocenters. The minimum absolute atomic E-state index is 0.238. The summed E-state index contributed by atoms with van der Waals surface area (Å²) in [6.45, 7) is 2.54. The van der Waals surface area contributed by atoms with E-state index in [1.54, 1.807) is 0 Å². The van der Waals surface area contributed by atoms with Crippen LogP contribution < -0.4 is 0 Å². The Bertz CT molecular complexity index is 399. The zero-order valence-electron chi connectivity index (χ0n) is 10.5. The Morgan fingerprint density at radius 1 is 1.47 bits per heavy atom. The number of rotatable bonds is 4. The van der Waals surface area contributed by atoms with Crippen molar-refractivity contribution >= 4 is 17.5 Å². The molecule has 1 aromatic rings. The van der Waals surface area contributed by atoms with Gasteiger partial charge >= 0.3 is 0 Å². The molecule has 0 spiro atoms. The lowest BCUT2D eigenvalue weighted by molar-refractivity contribution is 0.0926. The molecule has 1 heterocycles. The Kier molecular flexibility index (Phi) is 4.24. The van der Waals surface area contributed by atoms with Crippen LogP contribution in [0.3, 0.4) is 0 Å². The van der Waals surface area contributed by atoms with Crippen molar-refractivity contribution in [1.29, 1.82) is 0 Å². The molecule has 1 unspecified atom stereocenters. The van der Waals surface area contributed by atoms with Crippen LogP contribution >= 0.6 is 11.8 Å². The monoisotopic (exact) mass is 249 g/mol. The van der Waals surface area contributed by atoms with E-state index in [2.05, 4.69) is 11.9 Å². The van der Waals surface area contributed by atoms with E-state index in [1.807, 2.05) is 43.0 Å². The fourth-order valence-electron chi connectivity index (χ4n) is 2.20. The Hall–Kier alpha value is -0.800. The van der Waals surface area contributed by atoms with Crippen molar-refractivity contribution < 1.29 is 4.79 Å². The molecular weight excluding hydrogens is 230 g/mol. The lowest BCUT2D eigenvalue weighted by atomic mass is 10.0. The minimum atomic E-state index is 0.238. The highest BCUT2D eigenvalue weighted by Gasteiger charge is 2.22. The summed E-state index contributed by atoms with van der Waals surface area (Å²) in [7, 11) is 2.06. The number of carbonyl (C=O) groups is 1. The number of hydrogen-bond donors (Lipinski definition) is 0. The van der Waals surface area contributed by atoms with E-state index in [-0.39, 0.29) is 5.78 Å². The number of nitrogens with zero attached hydrogens (tertiary/aromatic N) is 1. The van der Waals surface area contributed by atoms with Gasteiger partial charge in [0.05, 0.1) is 6.54 Å². The first-order valence-corrected chi connectivity index (χ1v) is 7.21. The zero-order chi connectivity index (χ0) is 12.3. The van der Waals surface area contributed by atoms with Gasteiger partial charge in [0.25, 0.3) is 0 Å². The van der Waals surface area contributed by atoms with Gasteiger partial charge in [0.1, 0.15) is 0 Å². The number of hydrogen-bond acceptors (Lipinski definition) is 3. The molecule has 0 amide bonds. The lowest BCUT2D eigenvalue weighted by Crippen LogP contribution is -2.36. The van der Waals surface area contributed by atoms with Crippen LogP contribution in [-0.4, -0.2) is 41.8 Å². The number of likely N-dealkylation sites (N-methyl/N-ethyl adjacent to an activating group) is 1. The van der Waals surface area contributed by atoms with Crippen molar-refractivity contribution in [3.05, 3.63) is 35.4 Å². The van der Waals surface area contributed by atoms with E-state index in [0.29, 0.717) is 12.6 Å². The van der Waals surface area contributed by atoms with Gasteiger partial charge in [-0.25, -0.2) is 0 Å². The molecule has 1 aliphatic heterocycles. The van der Waals surface area contributed by atoms with E-state index in [4.69, 9.17) is 0 Å². The molecule has 3 heteroatoms. The van der Waals surface area contributed by atoms with Crippen LogP contribution in [0.5, 0.6) is 0 Å². The molecule has 0 saturated carbocycles. The molecule has 1 aliphatic rings. The van der Waals surface area contributed by atoms with Crippen molar-refractivity contribution in [1.82, 2.24) is 4.90 Å². The molecule has 0 aromatic heterocycles. The van der Waals surface area contributed by atoms with Crippen LogP contribution in [-0.2, 0) is 0 Å². The average molecular weight is 249 g/mol. The van der Waals surface area contributed by atoms with Crippen LogP contribution in [0.1, 0.15) is 22.3 Å². The Morgan fingerprint density at radius 3 is 2.88 bits per heavy atom. The fourth-order valence-corrected chi connectivity index (χ4v) is 3.49. The maximum atomic E-state index is 12.2. The van der Waals surface area contributed by atoms with E-state index in [1.165, 1.54) is 12.2 Å². The van der Waals surface area contributed by atoms with Crippen molar-refractivity contribution in [3.63, 3.8) is 0 Å². The molecule has 17 heavy (non-hydrogen) atoms. The van der Waals surface area contributed by atoms with Gasteiger partial charge in [0.2, 0.25) is 0 Å². The summed E-state index contributed by atoms with van der Waals surface area (Å²) in [5, 5.41) is 0. The summed E-state index contributed by atoms with van der Waals surface area (Å²) >= 11 is 1.98. The summed E-state index contributed by atoms with van der Waals surface area (Å²) in [6, 6.07) is 8.41. The van der Waals surface area contributed by atoms with Gasteiger partial charge in [-0.3, -0.25) is 9.69 Å². The summed E-state index contributed by atoms with van der Waals surface area (Å²) in [5.41, 5.74) is 1.94. The highest BCUT2D eigenvalue weighted by Crippen LogP contribution is 2.21. The quantitative estimate of drug-likeness (QED) is 0.765. The molecule has 1 aromatic carbocycles. The van der Waals surface area contributed by atoms with Gasteiger partial charge in [-0.15, -0.1) is 0 Å². The fraction of sp³-hybridized carbons (Fsp3) is 0.500. The summed E-state index contributed by atoms with van der Waals surface area (Å²) in [4.78, 5) is 14.4. The maximum absolute atomic E-state index is 12.2. The minimum Gasteiger partial charge on any atom is -0.295 e. The second kappa shape index (κ2) is 5.69. The van der Waals surface area contributed by atoms with E-state index < -0.39 is 0 Å². The molecule has 0 aliphatic carbocycles. The van der Waals surface area contributed by atoms with Crippen LogP contribution in [0.15, 0.2) is 24.3 Å². The third kappa shape index (κ3) is 3.11. The largest absolute Gasteiger partial charge is 0.295 e. The summed E-state index contributed by atoms with van der Waals surface area (Å²) in [5.74, 6) is 2.63. The van der Waals surface area contributed by atoms with E-state index in [9.17, 15) is 4.79 Å². The standard InChI is InChI=1S/C14H19NOS/c1-11-5-3-4-6-13(11)14(16)9-15(2)12-7-8-17-10-12/h3-6,12H,7-10H2,1-2H3. The lowest BCUT2D eigenvalue weighted by Gasteiger charge is -2.22. The van der Waals surface area contributed by atoms with Crippen LogP contribution in [0.2, 0.25) is 0 Å². The van der Waals surface area contributed by atoms with Crippen LogP contribution in [0.25, 0.3) is 0 Å². The zero-order valence-corrected chi connectivity index (χ0v) is 11.3. The Labute approximate surface area is 107 Å². The Morgan fingerprint density at radius 2 is 2.24 bits per heavy atom. The first kappa shape index (κ1) is 12.7. The second-order valence-electron chi connectivity index (χ2n) is 4.67. The SMILES string of the molecule is Cc1ccccc1C(=O)CN(C)C1CCSC1. The van der Waals surface area contributed by atoms with Gasteiger partial charge in [-0.1, -0.05) is 24.3 Å². The number of benzene rings is 1. The van der Waals surface area contributed by atoms with E-state index in [0.717, 1.165) is 16.9 Å². The summed E-state index contributed by atoms with van der Waals surface area (Å²) < 4.78 is 0. The molecule has 1 fully saturated rings. The first-order chi connectivity index (χ1) is 8.18. The van der Waals surface area contributed by atoms with Gasteiger partial charge in [-0.05, 0) is 31.7 Å². The van der Waals surface area contributed by atoms with Crippen molar-refractivity contribution in [3.8, 4) is 0 Å². The van der Waals surface area contributed by atoms with Crippen molar-refractivity contribution in [2.75, 3.05) is 25.1 Å². The molecule has 0 N–H and O–H groups in total. The maximum Gasteiger partial charge on any atom is 0.177 e. The van der Waals surface area contributed by atoms with Gasteiger partial charge in [0, 0.05) is 17.4 Å². The smallest absolute Gasteiger partial charge is 0.177 e. The van der Waals surface area contributed by atoms with Crippen molar-refractivity contribution in [2.45, 2.75) is 19.4 Å². The third-order valence-electron chi connectivity index (χ3n) is 3.37. The molecule has 2 nitrogen and oxygen atoms in total.